The van der Waals surface area contributed by atoms with Crippen LogP contribution in [0.4, 0.5) is 0 Å². The molecule has 0 aromatic carbocycles. The first-order valence-corrected chi connectivity index (χ1v) is 17.3. The van der Waals surface area contributed by atoms with E-state index in [2.05, 4.69) is 69.2 Å². The highest BCUT2D eigenvalue weighted by Crippen LogP contribution is 2.36. The third kappa shape index (κ3) is 12.1. The molecule has 28 heavy (non-hydrogen) atoms. The minimum Gasteiger partial charge on any atom is -0.412 e. The lowest BCUT2D eigenvalue weighted by atomic mass is 10.2. The normalized spacial score (nSPS) is 13.9. The first kappa shape index (κ1) is 28.4. The summed E-state index contributed by atoms with van der Waals surface area (Å²) in [6, 6.07) is 7.97. The van der Waals surface area contributed by atoms with E-state index in [1.807, 2.05) is 0 Å². The van der Waals surface area contributed by atoms with Crippen LogP contribution in [0.15, 0.2) is 0 Å². The summed E-state index contributed by atoms with van der Waals surface area (Å²) in [7, 11) is -3.27. The minimum atomic E-state index is -1.64. The molecular formula is C24H54O2Si2. The van der Waals surface area contributed by atoms with Crippen LogP contribution in [0.1, 0.15) is 108 Å². The van der Waals surface area contributed by atoms with Crippen LogP contribution in [-0.2, 0) is 8.85 Å². The number of unbranched alkanes of at least 4 members (excludes halogenated alkanes) is 1. The molecule has 0 aromatic rings. The van der Waals surface area contributed by atoms with Gasteiger partial charge < -0.3 is 8.85 Å². The first-order chi connectivity index (χ1) is 12.9. The summed E-state index contributed by atoms with van der Waals surface area (Å²) in [6.07, 6.45) is 7.72. The van der Waals surface area contributed by atoms with E-state index in [0.717, 1.165) is 0 Å². The minimum absolute atomic E-state index is 0.00512. The molecular weight excluding hydrogens is 376 g/mol. The summed E-state index contributed by atoms with van der Waals surface area (Å²) in [4.78, 5) is 0. The fraction of sp³-hybridized carbons (Fsp3) is 1.00. The Hall–Kier alpha value is 0.354. The molecule has 0 rings (SSSR count). The molecule has 2 nitrogen and oxygen atoms in total. The second kappa shape index (κ2) is 12.9. The Bertz CT molecular complexity index is 346. The summed E-state index contributed by atoms with van der Waals surface area (Å²) in [5.41, 5.74) is -0.0102. The Morgan fingerprint density at radius 3 is 0.893 bits per heavy atom. The molecule has 0 fully saturated rings. The lowest BCUT2D eigenvalue weighted by Gasteiger charge is -2.40. The number of rotatable bonds is 15. The zero-order valence-electron chi connectivity index (χ0n) is 21.3. The van der Waals surface area contributed by atoms with Gasteiger partial charge in [-0.15, -0.1) is 0 Å². The van der Waals surface area contributed by atoms with Crippen molar-refractivity contribution in [3.8, 4) is 0 Å². The zero-order valence-corrected chi connectivity index (χ0v) is 23.3. The smallest absolute Gasteiger partial charge is 0.193 e. The van der Waals surface area contributed by atoms with Crippen LogP contribution in [0.3, 0.4) is 0 Å². The third-order valence-electron chi connectivity index (χ3n) is 5.38. The van der Waals surface area contributed by atoms with Crippen molar-refractivity contribution in [1.29, 1.82) is 0 Å². The molecule has 0 aliphatic carbocycles. The maximum absolute atomic E-state index is 6.83. The third-order valence-corrected chi connectivity index (χ3v) is 15.6. The molecule has 0 radical (unpaired) electrons. The highest BCUT2D eigenvalue weighted by Gasteiger charge is 2.39. The molecule has 0 aliphatic heterocycles. The van der Waals surface area contributed by atoms with Crippen molar-refractivity contribution in [1.82, 2.24) is 0 Å². The van der Waals surface area contributed by atoms with Crippen molar-refractivity contribution in [3.05, 3.63) is 0 Å². The quantitative estimate of drug-likeness (QED) is 0.191. The summed E-state index contributed by atoms with van der Waals surface area (Å²) >= 11 is 0. The van der Waals surface area contributed by atoms with Crippen LogP contribution in [-0.4, -0.2) is 27.8 Å². The van der Waals surface area contributed by atoms with Crippen LogP contribution in [0, 0.1) is 0 Å². The van der Waals surface area contributed by atoms with Crippen LogP contribution < -0.4 is 0 Å². The van der Waals surface area contributed by atoms with E-state index in [-0.39, 0.29) is 11.2 Å². The van der Waals surface area contributed by atoms with Gasteiger partial charge in [0.05, 0.1) is 0 Å². The fourth-order valence-corrected chi connectivity index (χ4v) is 15.2. The summed E-state index contributed by atoms with van der Waals surface area (Å²) in [6.45, 7) is 22.8. The Morgan fingerprint density at radius 2 is 0.714 bits per heavy atom. The summed E-state index contributed by atoms with van der Waals surface area (Å²) < 4.78 is 13.7. The van der Waals surface area contributed by atoms with Gasteiger partial charge in [0.2, 0.25) is 0 Å². The van der Waals surface area contributed by atoms with Crippen LogP contribution in [0.5, 0.6) is 0 Å². The van der Waals surface area contributed by atoms with Gasteiger partial charge in [0.1, 0.15) is 0 Å². The molecule has 0 spiro atoms. The van der Waals surface area contributed by atoms with Gasteiger partial charge in [-0.3, -0.25) is 0 Å². The van der Waals surface area contributed by atoms with Gasteiger partial charge in [-0.2, -0.15) is 0 Å². The average molecular weight is 431 g/mol. The summed E-state index contributed by atoms with van der Waals surface area (Å²) in [5.74, 6) is 0. The Morgan fingerprint density at radius 1 is 0.464 bits per heavy atom. The van der Waals surface area contributed by atoms with Gasteiger partial charge in [-0.05, 0) is 77.8 Å². The Labute approximate surface area is 180 Å². The van der Waals surface area contributed by atoms with Gasteiger partial charge >= 0.3 is 0 Å². The average Bonchev–Trinajstić information content (AvgIpc) is 2.49. The molecule has 0 heterocycles. The lowest BCUT2D eigenvalue weighted by molar-refractivity contribution is 0.112. The Balaban J connectivity index is 5.11. The SMILES string of the molecule is CCC[Si](CCC)(CCCC[Si](CCC)(CCC)OC(C)(C)C)OC(C)(C)C. The molecule has 0 bridgehead atoms. The number of hydrogen-bond acceptors (Lipinski definition) is 2. The molecule has 0 saturated carbocycles. The molecule has 0 aromatic heterocycles. The predicted molar refractivity (Wildman–Crippen MR) is 132 cm³/mol. The van der Waals surface area contributed by atoms with Gasteiger partial charge in [0.25, 0.3) is 0 Å². The topological polar surface area (TPSA) is 18.5 Å². The largest absolute Gasteiger partial charge is 0.412 e. The molecule has 0 N–H and O–H groups in total. The first-order valence-electron chi connectivity index (χ1n) is 12.3. The van der Waals surface area contributed by atoms with E-state index in [1.54, 1.807) is 0 Å². The van der Waals surface area contributed by atoms with Crippen molar-refractivity contribution in [2.75, 3.05) is 0 Å². The maximum Gasteiger partial charge on any atom is 0.193 e. The van der Waals surface area contributed by atoms with Crippen molar-refractivity contribution < 1.29 is 8.85 Å². The lowest BCUT2D eigenvalue weighted by Crippen LogP contribution is -2.45. The second-order valence-electron chi connectivity index (χ2n) is 11.0. The van der Waals surface area contributed by atoms with Crippen molar-refractivity contribution in [3.63, 3.8) is 0 Å². The molecule has 4 heteroatoms. The van der Waals surface area contributed by atoms with Crippen molar-refractivity contribution >= 4 is 16.6 Å². The molecule has 0 saturated heterocycles. The second-order valence-corrected chi connectivity index (χ2v) is 19.1. The fourth-order valence-electron chi connectivity index (χ4n) is 5.07. The Kier molecular flexibility index (Phi) is 13.1. The standard InChI is InChI=1S/C24H54O2Si2/c1-11-17-27(18-12-2,25-23(5,6)7)21-15-16-22-28(19-13-3,20-14-4)26-24(8,9)10/h11-22H2,1-10H3. The monoisotopic (exact) mass is 430 g/mol. The van der Waals surface area contributed by atoms with Gasteiger partial charge in [0, 0.05) is 11.2 Å². The molecule has 0 atom stereocenters. The summed E-state index contributed by atoms with van der Waals surface area (Å²) in [5, 5.41) is 0. The van der Waals surface area contributed by atoms with E-state index in [0.29, 0.717) is 0 Å². The van der Waals surface area contributed by atoms with E-state index in [4.69, 9.17) is 8.85 Å². The molecule has 0 amide bonds. The van der Waals surface area contributed by atoms with Crippen LogP contribution in [0.25, 0.3) is 0 Å². The van der Waals surface area contributed by atoms with E-state index in [1.165, 1.54) is 74.8 Å². The molecule has 0 unspecified atom stereocenters. The molecule has 170 valence electrons. The van der Waals surface area contributed by atoms with Crippen molar-refractivity contribution in [2.24, 2.45) is 0 Å². The van der Waals surface area contributed by atoms with E-state index in [9.17, 15) is 0 Å². The highest BCUT2D eigenvalue weighted by molar-refractivity contribution is 6.74. The van der Waals surface area contributed by atoms with E-state index >= 15 is 0 Å². The maximum atomic E-state index is 6.83. The van der Waals surface area contributed by atoms with Crippen molar-refractivity contribution in [2.45, 2.75) is 155 Å². The predicted octanol–water partition coefficient (Wildman–Crippen LogP) is 8.93. The van der Waals surface area contributed by atoms with Gasteiger partial charge in [0.15, 0.2) is 16.6 Å². The molecule has 0 aliphatic rings. The van der Waals surface area contributed by atoms with Gasteiger partial charge in [-0.1, -0.05) is 66.2 Å². The van der Waals surface area contributed by atoms with Crippen LogP contribution in [0.2, 0.25) is 36.3 Å². The van der Waals surface area contributed by atoms with Crippen LogP contribution >= 0.6 is 0 Å². The highest BCUT2D eigenvalue weighted by atomic mass is 28.4. The number of hydrogen-bond donors (Lipinski definition) is 0. The zero-order chi connectivity index (χ0) is 21.9. The van der Waals surface area contributed by atoms with E-state index < -0.39 is 16.6 Å². The van der Waals surface area contributed by atoms with Gasteiger partial charge in [-0.25, -0.2) is 0 Å².